The van der Waals surface area contributed by atoms with Crippen molar-refractivity contribution < 1.29 is 14.7 Å². The summed E-state index contributed by atoms with van der Waals surface area (Å²) in [5.74, 6) is -0.523. The van der Waals surface area contributed by atoms with E-state index in [1.165, 1.54) is 11.3 Å². The molecule has 0 radical (unpaired) electrons. The second kappa shape index (κ2) is 5.71. The molecule has 3 N–H and O–H groups in total. The van der Waals surface area contributed by atoms with Crippen molar-refractivity contribution in [1.29, 1.82) is 0 Å². The molecule has 1 heterocycles. The van der Waals surface area contributed by atoms with Crippen LogP contribution >= 0.6 is 11.3 Å². The number of rotatable bonds is 5. The van der Waals surface area contributed by atoms with Gasteiger partial charge in [0.25, 0.3) is 5.91 Å². The van der Waals surface area contributed by atoms with Gasteiger partial charge in [-0.05, 0) is 37.6 Å². The summed E-state index contributed by atoms with van der Waals surface area (Å²) >= 11 is 1.33. The summed E-state index contributed by atoms with van der Waals surface area (Å²) < 4.78 is 0. The van der Waals surface area contributed by atoms with E-state index in [9.17, 15) is 14.7 Å². The molecule has 0 bridgehead atoms. The summed E-state index contributed by atoms with van der Waals surface area (Å²) in [6, 6.07) is 2.89. The summed E-state index contributed by atoms with van der Waals surface area (Å²) in [6.45, 7) is 1.89. The van der Waals surface area contributed by atoms with Crippen molar-refractivity contribution >= 4 is 23.2 Å². The first-order valence-corrected chi connectivity index (χ1v) is 7.23. The summed E-state index contributed by atoms with van der Waals surface area (Å²) in [4.78, 5) is 24.1. The molecule has 1 aliphatic rings. The van der Waals surface area contributed by atoms with Crippen molar-refractivity contribution in [3.05, 3.63) is 22.4 Å². The number of carbonyl (C=O) groups is 2. The van der Waals surface area contributed by atoms with Crippen LogP contribution in [0.2, 0.25) is 0 Å². The average Bonchev–Trinajstić information content (AvgIpc) is 2.87. The molecule has 104 valence electrons. The van der Waals surface area contributed by atoms with Crippen molar-refractivity contribution in [2.45, 2.75) is 37.8 Å². The van der Waals surface area contributed by atoms with Crippen molar-refractivity contribution in [1.82, 2.24) is 10.6 Å². The van der Waals surface area contributed by atoms with Gasteiger partial charge in [-0.1, -0.05) is 6.07 Å². The van der Waals surface area contributed by atoms with E-state index < -0.39 is 11.6 Å². The fourth-order valence-electron chi connectivity index (χ4n) is 1.91. The van der Waals surface area contributed by atoms with Crippen LogP contribution in [0.1, 0.15) is 35.9 Å². The number of carbonyl (C=O) groups excluding carboxylic acids is 2. The molecule has 2 rings (SSSR count). The minimum Gasteiger partial charge on any atom is -0.388 e. The highest BCUT2D eigenvalue weighted by molar-refractivity contribution is 7.12. The van der Waals surface area contributed by atoms with Crippen molar-refractivity contribution in [2.24, 2.45) is 0 Å². The van der Waals surface area contributed by atoms with E-state index in [0.717, 1.165) is 19.3 Å². The van der Waals surface area contributed by atoms with Crippen LogP contribution in [0.3, 0.4) is 0 Å². The first-order chi connectivity index (χ1) is 9.00. The Labute approximate surface area is 116 Å². The van der Waals surface area contributed by atoms with Crippen LogP contribution in [-0.4, -0.2) is 35.1 Å². The molecule has 1 atom stereocenters. The zero-order valence-corrected chi connectivity index (χ0v) is 11.6. The highest BCUT2D eigenvalue weighted by Crippen LogP contribution is 2.30. The van der Waals surface area contributed by atoms with Crippen molar-refractivity contribution in [3.8, 4) is 0 Å². The highest BCUT2D eigenvalue weighted by Gasteiger charge is 2.34. The Bertz CT molecular complexity index is 454. The Hall–Kier alpha value is -1.40. The van der Waals surface area contributed by atoms with Gasteiger partial charge < -0.3 is 15.7 Å². The smallest absolute Gasteiger partial charge is 0.261 e. The number of hydrogen-bond acceptors (Lipinski definition) is 4. The number of amides is 2. The number of aliphatic hydroxyl groups is 1. The fraction of sp³-hybridized carbons (Fsp3) is 0.538. The summed E-state index contributed by atoms with van der Waals surface area (Å²) in [7, 11) is 0. The van der Waals surface area contributed by atoms with Gasteiger partial charge in [0.05, 0.1) is 10.5 Å². The molecule has 1 saturated carbocycles. The molecule has 5 nitrogen and oxygen atoms in total. The molecule has 1 aliphatic carbocycles. The molecule has 19 heavy (non-hydrogen) atoms. The summed E-state index contributed by atoms with van der Waals surface area (Å²) in [6.07, 6.45) is 2.45. The van der Waals surface area contributed by atoms with Gasteiger partial charge in [0.15, 0.2) is 0 Å². The van der Waals surface area contributed by atoms with Gasteiger partial charge in [-0.2, -0.15) is 0 Å². The predicted octanol–water partition coefficient (Wildman–Crippen LogP) is 0.898. The van der Waals surface area contributed by atoms with Gasteiger partial charge in [-0.3, -0.25) is 9.59 Å². The lowest BCUT2D eigenvalue weighted by molar-refractivity contribution is -0.125. The molecule has 1 unspecified atom stereocenters. The van der Waals surface area contributed by atoms with Crippen LogP contribution < -0.4 is 10.6 Å². The maximum Gasteiger partial charge on any atom is 0.261 e. The zero-order chi connectivity index (χ0) is 13.9. The quantitative estimate of drug-likeness (QED) is 0.750. The van der Waals surface area contributed by atoms with Gasteiger partial charge in [0.2, 0.25) is 5.91 Å². The maximum absolute atomic E-state index is 11.8. The second-order valence-corrected chi connectivity index (χ2v) is 5.92. The predicted molar refractivity (Wildman–Crippen MR) is 73.1 cm³/mol. The fourth-order valence-corrected chi connectivity index (χ4v) is 2.53. The molecule has 1 aromatic rings. The molecule has 2 amide bonds. The van der Waals surface area contributed by atoms with E-state index in [0.29, 0.717) is 4.88 Å². The molecule has 0 saturated heterocycles. The maximum atomic E-state index is 11.8. The molecular formula is C13H18N2O3S. The van der Waals surface area contributed by atoms with Crippen LogP contribution in [0, 0.1) is 0 Å². The van der Waals surface area contributed by atoms with Gasteiger partial charge in [-0.25, -0.2) is 0 Å². The van der Waals surface area contributed by atoms with Gasteiger partial charge in [0.1, 0.15) is 6.04 Å². The normalized spacial score (nSPS) is 18.2. The number of hydrogen-bond donors (Lipinski definition) is 3. The average molecular weight is 282 g/mol. The Morgan fingerprint density at radius 3 is 2.79 bits per heavy atom. The Kier molecular flexibility index (Phi) is 4.21. The molecule has 0 spiro atoms. The molecule has 0 aromatic carbocycles. The molecule has 0 aliphatic heterocycles. The van der Waals surface area contributed by atoms with E-state index in [4.69, 9.17) is 0 Å². The minimum atomic E-state index is -0.743. The monoisotopic (exact) mass is 282 g/mol. The van der Waals surface area contributed by atoms with Crippen LogP contribution in [0.25, 0.3) is 0 Å². The lowest BCUT2D eigenvalue weighted by atomic mass is 9.80. The Morgan fingerprint density at radius 1 is 1.53 bits per heavy atom. The second-order valence-electron chi connectivity index (χ2n) is 4.97. The van der Waals surface area contributed by atoms with E-state index in [1.54, 1.807) is 19.1 Å². The molecule has 1 aromatic heterocycles. The van der Waals surface area contributed by atoms with E-state index >= 15 is 0 Å². The van der Waals surface area contributed by atoms with E-state index in [-0.39, 0.29) is 18.4 Å². The Morgan fingerprint density at radius 2 is 2.26 bits per heavy atom. The van der Waals surface area contributed by atoms with Crippen molar-refractivity contribution in [2.75, 3.05) is 6.54 Å². The third-order valence-corrected chi connectivity index (χ3v) is 4.23. The number of thiophene rings is 1. The topological polar surface area (TPSA) is 78.4 Å². The lowest BCUT2D eigenvalue weighted by Crippen LogP contribution is -2.52. The van der Waals surface area contributed by atoms with Crippen LogP contribution in [0.5, 0.6) is 0 Å². The molecular weight excluding hydrogens is 264 g/mol. The van der Waals surface area contributed by atoms with Crippen LogP contribution in [-0.2, 0) is 4.79 Å². The summed E-state index contributed by atoms with van der Waals surface area (Å²) in [5.41, 5.74) is -0.743. The SMILES string of the molecule is CC(NC(=O)c1cccs1)C(=O)NCC1(O)CCC1. The summed E-state index contributed by atoms with van der Waals surface area (Å²) in [5, 5.41) is 17.0. The first kappa shape index (κ1) is 14.0. The zero-order valence-electron chi connectivity index (χ0n) is 10.8. The largest absolute Gasteiger partial charge is 0.388 e. The highest BCUT2D eigenvalue weighted by atomic mass is 32.1. The van der Waals surface area contributed by atoms with Crippen LogP contribution in [0.15, 0.2) is 17.5 Å². The molecule has 1 fully saturated rings. The van der Waals surface area contributed by atoms with Crippen molar-refractivity contribution in [3.63, 3.8) is 0 Å². The third-order valence-electron chi connectivity index (χ3n) is 3.36. The third kappa shape index (κ3) is 3.54. The Balaban J connectivity index is 1.77. The standard InChI is InChI=1S/C13H18N2O3S/c1-9(15-12(17)10-4-2-7-19-10)11(16)14-8-13(18)5-3-6-13/h2,4,7,9,18H,3,5-6,8H2,1H3,(H,14,16)(H,15,17). The van der Waals surface area contributed by atoms with E-state index in [2.05, 4.69) is 10.6 Å². The first-order valence-electron chi connectivity index (χ1n) is 6.35. The minimum absolute atomic E-state index is 0.250. The van der Waals surface area contributed by atoms with E-state index in [1.807, 2.05) is 5.38 Å². The van der Waals surface area contributed by atoms with Gasteiger partial charge >= 0.3 is 0 Å². The van der Waals surface area contributed by atoms with Crippen LogP contribution in [0.4, 0.5) is 0 Å². The lowest BCUT2D eigenvalue weighted by Gasteiger charge is -2.36. The number of nitrogens with one attached hydrogen (secondary N) is 2. The van der Waals surface area contributed by atoms with Gasteiger partial charge in [0, 0.05) is 6.54 Å². The molecule has 6 heteroatoms. The van der Waals surface area contributed by atoms with Gasteiger partial charge in [-0.15, -0.1) is 11.3 Å².